The molecule has 31 heavy (non-hydrogen) atoms. The van der Waals surface area contributed by atoms with Crippen LogP contribution in [0.1, 0.15) is 47.9 Å². The minimum Gasteiger partial charge on any atom is -0.324 e. The molecule has 0 spiro atoms. The van der Waals surface area contributed by atoms with E-state index >= 15 is 0 Å². The van der Waals surface area contributed by atoms with E-state index in [-0.39, 0.29) is 11.3 Å². The Hall–Kier alpha value is -2.03. The molecule has 0 aliphatic rings. The van der Waals surface area contributed by atoms with E-state index in [1.165, 1.54) is 0 Å². The summed E-state index contributed by atoms with van der Waals surface area (Å²) in [5.41, 5.74) is 2.70. The van der Waals surface area contributed by atoms with E-state index in [2.05, 4.69) is 9.71 Å². The molecule has 0 unspecified atom stereocenters. The number of benzene rings is 2. The number of thioether (sulfide) groups is 1. The van der Waals surface area contributed by atoms with Crippen LogP contribution in [0.5, 0.6) is 0 Å². The number of nitrogens with zero attached hydrogens (tertiary/aromatic N) is 2. The summed E-state index contributed by atoms with van der Waals surface area (Å²) >= 11 is 8.08. The van der Waals surface area contributed by atoms with Crippen molar-refractivity contribution in [1.82, 2.24) is 14.3 Å². The van der Waals surface area contributed by atoms with Gasteiger partial charge in [-0.25, -0.2) is 18.1 Å². The van der Waals surface area contributed by atoms with Crippen LogP contribution in [0, 0.1) is 6.92 Å². The number of aromatic nitrogens is 2. The number of rotatable bonds is 9. The van der Waals surface area contributed by atoms with E-state index in [1.54, 1.807) is 30.0 Å². The lowest BCUT2D eigenvalue weighted by Crippen LogP contribution is -2.32. The molecule has 2 aromatic carbocycles. The van der Waals surface area contributed by atoms with Gasteiger partial charge < -0.3 is 4.57 Å². The van der Waals surface area contributed by atoms with Crippen LogP contribution in [0.3, 0.4) is 0 Å². The number of hydrogen-bond donors (Lipinski definition) is 1. The van der Waals surface area contributed by atoms with Crippen molar-refractivity contribution < 1.29 is 13.2 Å². The van der Waals surface area contributed by atoms with E-state index < -0.39 is 15.9 Å². The molecular formula is C22H26ClN3O3S2. The highest BCUT2D eigenvalue weighted by Crippen LogP contribution is 2.26. The first kappa shape index (κ1) is 23.6. The first-order valence-electron chi connectivity index (χ1n) is 10.1. The fraction of sp³-hybridized carbons (Fsp3) is 0.364. The largest absolute Gasteiger partial charge is 0.324 e. The summed E-state index contributed by atoms with van der Waals surface area (Å²) in [5.74, 6) is 0.0899. The maximum atomic E-state index is 12.6. The standard InChI is InChI=1S/C22H26ClN3O3S2/c1-4-5-6-11-31(28,29)25-22(27)16-8-10-20-21(12-16)26(15(2)24-20)14-17-7-9-18(30-3)13-19(17)23/h7-10,12-13H,4-6,11,14H2,1-3H3,(H,25,27). The van der Waals surface area contributed by atoms with Crippen molar-refractivity contribution in [3.8, 4) is 0 Å². The number of nitrogens with one attached hydrogen (secondary N) is 1. The lowest BCUT2D eigenvalue weighted by Gasteiger charge is -2.11. The fourth-order valence-corrected chi connectivity index (χ4v) is 5.16. The molecule has 0 atom stereocenters. The van der Waals surface area contributed by atoms with Crippen molar-refractivity contribution in [3.05, 3.63) is 58.4 Å². The lowest BCUT2D eigenvalue weighted by molar-refractivity contribution is 0.0981. The Balaban J connectivity index is 1.87. The molecule has 0 aliphatic carbocycles. The zero-order valence-corrected chi connectivity index (χ0v) is 20.2. The smallest absolute Gasteiger partial charge is 0.264 e. The van der Waals surface area contributed by atoms with Crippen LogP contribution in [0.15, 0.2) is 41.3 Å². The maximum absolute atomic E-state index is 12.6. The molecule has 3 aromatic rings. The number of aryl methyl sites for hydroxylation is 1. The van der Waals surface area contributed by atoms with E-state index in [0.717, 1.165) is 40.2 Å². The monoisotopic (exact) mass is 479 g/mol. The van der Waals surface area contributed by atoms with E-state index in [4.69, 9.17) is 11.6 Å². The van der Waals surface area contributed by atoms with Crippen molar-refractivity contribution in [3.63, 3.8) is 0 Å². The van der Waals surface area contributed by atoms with Gasteiger partial charge in [-0.15, -0.1) is 11.8 Å². The van der Waals surface area contributed by atoms with Gasteiger partial charge in [0.15, 0.2) is 0 Å². The first-order valence-corrected chi connectivity index (χ1v) is 13.3. The second-order valence-corrected chi connectivity index (χ2v) is 10.5. The second kappa shape index (κ2) is 10.1. The van der Waals surface area contributed by atoms with E-state index in [1.807, 2.05) is 42.9 Å². The van der Waals surface area contributed by atoms with Gasteiger partial charge in [0.25, 0.3) is 5.91 Å². The molecule has 0 bridgehead atoms. The number of fused-ring (bicyclic) bond motifs is 1. The summed E-state index contributed by atoms with van der Waals surface area (Å²) in [6, 6.07) is 10.9. The number of sulfonamides is 1. The number of hydrogen-bond acceptors (Lipinski definition) is 5. The molecule has 0 saturated heterocycles. The second-order valence-electron chi connectivity index (χ2n) is 7.36. The average molecular weight is 480 g/mol. The Kier molecular flexibility index (Phi) is 7.67. The summed E-state index contributed by atoms with van der Waals surface area (Å²) in [5, 5.41) is 0.667. The molecule has 6 nitrogen and oxygen atoms in total. The Morgan fingerprint density at radius 2 is 1.97 bits per heavy atom. The van der Waals surface area contributed by atoms with Gasteiger partial charge in [0.1, 0.15) is 5.82 Å². The van der Waals surface area contributed by atoms with E-state index in [0.29, 0.717) is 18.0 Å². The first-order chi connectivity index (χ1) is 14.7. The van der Waals surface area contributed by atoms with Crippen LogP contribution in [0.4, 0.5) is 0 Å². The van der Waals surface area contributed by atoms with Gasteiger partial charge in [-0.05, 0) is 55.5 Å². The van der Waals surface area contributed by atoms with Crippen molar-refractivity contribution in [2.45, 2.75) is 44.6 Å². The lowest BCUT2D eigenvalue weighted by atomic mass is 10.2. The number of amides is 1. The molecule has 1 heterocycles. The third-order valence-corrected chi connectivity index (χ3v) is 7.45. The summed E-state index contributed by atoms with van der Waals surface area (Å²) in [4.78, 5) is 18.2. The molecule has 0 fully saturated rings. The Morgan fingerprint density at radius 1 is 1.19 bits per heavy atom. The number of imidazole rings is 1. The highest BCUT2D eigenvalue weighted by atomic mass is 35.5. The zero-order valence-electron chi connectivity index (χ0n) is 17.8. The van der Waals surface area contributed by atoms with Crippen molar-refractivity contribution in [1.29, 1.82) is 0 Å². The number of halogens is 1. The van der Waals surface area contributed by atoms with Crippen molar-refractivity contribution >= 4 is 50.3 Å². The van der Waals surface area contributed by atoms with Gasteiger partial charge in [-0.2, -0.15) is 0 Å². The molecule has 0 saturated carbocycles. The summed E-state index contributed by atoms with van der Waals surface area (Å²) in [7, 11) is -3.66. The highest BCUT2D eigenvalue weighted by molar-refractivity contribution is 7.98. The van der Waals surface area contributed by atoms with Crippen molar-refractivity contribution in [2.24, 2.45) is 0 Å². The molecule has 166 valence electrons. The molecule has 1 amide bonds. The Bertz CT molecular complexity index is 1210. The summed E-state index contributed by atoms with van der Waals surface area (Å²) in [6.07, 6.45) is 4.24. The van der Waals surface area contributed by atoms with Gasteiger partial charge in [0.05, 0.1) is 23.3 Å². The van der Waals surface area contributed by atoms with Crippen LogP contribution >= 0.6 is 23.4 Å². The normalized spacial score (nSPS) is 11.7. The SMILES string of the molecule is CCCCCS(=O)(=O)NC(=O)c1ccc2nc(C)n(Cc3ccc(SC)cc3Cl)c2c1. The quantitative estimate of drug-likeness (QED) is 0.344. The van der Waals surface area contributed by atoms with Gasteiger partial charge in [0.2, 0.25) is 10.0 Å². The minimum atomic E-state index is -3.66. The number of unbranched alkanes of at least 4 members (excludes halogenated alkanes) is 2. The molecule has 1 N–H and O–H groups in total. The summed E-state index contributed by atoms with van der Waals surface area (Å²) < 4.78 is 28.5. The van der Waals surface area contributed by atoms with Crippen LogP contribution in [-0.4, -0.2) is 35.9 Å². The van der Waals surface area contributed by atoms with E-state index in [9.17, 15) is 13.2 Å². The molecular weight excluding hydrogens is 454 g/mol. The van der Waals surface area contributed by atoms with Crippen molar-refractivity contribution in [2.75, 3.05) is 12.0 Å². The third-order valence-electron chi connectivity index (χ3n) is 5.05. The number of carbonyl (C=O) groups excluding carboxylic acids is 1. The van der Waals surface area contributed by atoms with Gasteiger partial charge in [0, 0.05) is 15.5 Å². The zero-order chi connectivity index (χ0) is 22.6. The van der Waals surface area contributed by atoms with Crippen LogP contribution in [-0.2, 0) is 16.6 Å². The van der Waals surface area contributed by atoms with Crippen LogP contribution in [0.25, 0.3) is 11.0 Å². The third kappa shape index (κ3) is 5.81. The van der Waals surface area contributed by atoms with Crippen LogP contribution < -0.4 is 4.72 Å². The fourth-order valence-electron chi connectivity index (χ4n) is 3.33. The summed E-state index contributed by atoms with van der Waals surface area (Å²) in [6.45, 7) is 4.38. The van der Waals surface area contributed by atoms with Gasteiger partial charge in [-0.1, -0.05) is 37.4 Å². The number of carbonyl (C=O) groups is 1. The molecule has 0 radical (unpaired) electrons. The molecule has 0 aliphatic heterocycles. The van der Waals surface area contributed by atoms with Crippen LogP contribution in [0.2, 0.25) is 5.02 Å². The predicted octanol–water partition coefficient (Wildman–Crippen LogP) is 5.02. The average Bonchev–Trinajstić information content (AvgIpc) is 3.03. The minimum absolute atomic E-state index is 0.0591. The Morgan fingerprint density at radius 3 is 2.65 bits per heavy atom. The molecule has 1 aromatic heterocycles. The van der Waals surface area contributed by atoms with Gasteiger partial charge in [-0.3, -0.25) is 4.79 Å². The highest BCUT2D eigenvalue weighted by Gasteiger charge is 2.18. The maximum Gasteiger partial charge on any atom is 0.264 e. The Labute approximate surface area is 192 Å². The predicted molar refractivity (Wildman–Crippen MR) is 128 cm³/mol. The topological polar surface area (TPSA) is 81.1 Å². The van der Waals surface area contributed by atoms with Gasteiger partial charge >= 0.3 is 0 Å². The molecule has 9 heteroatoms. The molecule has 3 rings (SSSR count).